The lowest BCUT2D eigenvalue weighted by Gasteiger charge is -2.03. The zero-order chi connectivity index (χ0) is 9.52. The summed E-state index contributed by atoms with van der Waals surface area (Å²) >= 11 is 0. The van der Waals surface area contributed by atoms with Crippen LogP contribution in [0.2, 0.25) is 0 Å². The topological polar surface area (TPSA) is 133 Å². The summed E-state index contributed by atoms with van der Waals surface area (Å²) in [5.41, 5.74) is -0.579. The summed E-state index contributed by atoms with van der Waals surface area (Å²) in [7, 11) is -9.27. The molecule has 0 aromatic rings. The second-order valence-electron chi connectivity index (χ2n) is 1.86. The molecule has 2 N–H and O–H groups in total. The maximum atomic E-state index is 10.3. The third-order valence-electron chi connectivity index (χ3n) is 1.15. The molecule has 0 radical (unpaired) electrons. The van der Waals surface area contributed by atoms with E-state index in [0.29, 0.717) is 0 Å². The average molecular weight is 229 g/mol. The Hall–Kier alpha value is 0.140. The Morgan fingerprint density at radius 1 is 1.42 bits per heavy atom. The summed E-state index contributed by atoms with van der Waals surface area (Å²) in [5.74, 6) is 0. The van der Waals surface area contributed by atoms with Crippen LogP contribution < -0.4 is 9.79 Å². The molecule has 0 saturated carbocycles. The second kappa shape index (κ2) is 3.13. The van der Waals surface area contributed by atoms with Gasteiger partial charge in [0.15, 0.2) is 0 Å². The minimum Gasteiger partial charge on any atom is -0.589 e. The van der Waals surface area contributed by atoms with Crippen LogP contribution in [0.1, 0.15) is 0 Å². The zero-order valence-electron chi connectivity index (χ0n) is 5.32. The summed E-state index contributed by atoms with van der Waals surface area (Å²) in [6, 6.07) is 0. The van der Waals surface area contributed by atoms with Crippen LogP contribution in [0, 0.1) is 0 Å². The normalized spacial score (nSPS) is 28.7. The SMILES string of the molecule is O=[P+]([O-])C(O)(C1=NP1O)[P+](=O)[O-]. The van der Waals surface area contributed by atoms with Gasteiger partial charge in [0.25, 0.3) is 0 Å². The van der Waals surface area contributed by atoms with Crippen LogP contribution in [-0.4, -0.2) is 20.5 Å². The van der Waals surface area contributed by atoms with E-state index < -0.39 is 34.9 Å². The lowest BCUT2D eigenvalue weighted by Crippen LogP contribution is -2.30. The van der Waals surface area contributed by atoms with E-state index in [1.807, 2.05) is 0 Å². The van der Waals surface area contributed by atoms with Crippen molar-refractivity contribution in [3.05, 3.63) is 0 Å². The molecule has 12 heavy (non-hydrogen) atoms. The smallest absolute Gasteiger partial charge is 0.491 e. The lowest BCUT2D eigenvalue weighted by atomic mass is 10.8. The van der Waals surface area contributed by atoms with Gasteiger partial charge >= 0.3 is 21.1 Å². The van der Waals surface area contributed by atoms with Gasteiger partial charge in [0.1, 0.15) is 0 Å². The highest BCUT2D eigenvalue weighted by Gasteiger charge is 2.67. The molecular weight excluding hydrogens is 227 g/mol. The quantitative estimate of drug-likeness (QED) is 0.568. The number of nitrogens with zero attached hydrogens (tertiary/aromatic N) is 1. The summed E-state index contributed by atoms with van der Waals surface area (Å²) in [4.78, 5) is 29.2. The van der Waals surface area contributed by atoms with Crippen molar-refractivity contribution >= 4 is 29.8 Å². The first kappa shape index (κ1) is 10.2. The van der Waals surface area contributed by atoms with Crippen molar-refractivity contribution < 1.29 is 28.9 Å². The molecule has 3 unspecified atom stereocenters. The van der Waals surface area contributed by atoms with Crippen LogP contribution >= 0.6 is 24.4 Å². The van der Waals surface area contributed by atoms with Gasteiger partial charge in [-0.3, -0.25) is 0 Å². The van der Waals surface area contributed by atoms with Crippen molar-refractivity contribution in [1.29, 1.82) is 0 Å². The van der Waals surface area contributed by atoms with Gasteiger partial charge in [-0.1, -0.05) is 9.13 Å². The summed E-state index contributed by atoms with van der Waals surface area (Å²) in [6.07, 6.45) is 0. The zero-order valence-corrected chi connectivity index (χ0v) is 8.00. The van der Waals surface area contributed by atoms with Crippen LogP contribution in [0.25, 0.3) is 0 Å². The van der Waals surface area contributed by atoms with Crippen molar-refractivity contribution in [3.8, 4) is 0 Å². The molecule has 66 valence electrons. The van der Waals surface area contributed by atoms with E-state index in [0.717, 1.165) is 0 Å². The molecule has 0 fully saturated rings. The van der Waals surface area contributed by atoms with Crippen LogP contribution in [0.4, 0.5) is 0 Å². The number of rotatable bonds is 3. The minimum absolute atomic E-state index is 0.579. The van der Waals surface area contributed by atoms with Gasteiger partial charge in [-0.15, -0.1) is 0 Å². The molecule has 0 aliphatic carbocycles. The van der Waals surface area contributed by atoms with E-state index in [1.165, 1.54) is 0 Å². The lowest BCUT2D eigenvalue weighted by molar-refractivity contribution is -0.185. The predicted octanol–water partition coefficient (Wildman–Crippen LogP) is -1.45. The van der Waals surface area contributed by atoms with Crippen molar-refractivity contribution in [3.63, 3.8) is 0 Å². The van der Waals surface area contributed by atoms with Crippen molar-refractivity contribution in [2.24, 2.45) is 4.76 Å². The van der Waals surface area contributed by atoms with Crippen molar-refractivity contribution in [2.45, 2.75) is 5.08 Å². The molecule has 1 rings (SSSR count). The van der Waals surface area contributed by atoms with E-state index in [9.17, 15) is 18.9 Å². The molecule has 0 saturated heterocycles. The highest BCUT2D eigenvalue weighted by Crippen LogP contribution is 2.63. The highest BCUT2D eigenvalue weighted by molar-refractivity contribution is 7.82. The Bertz CT molecular complexity index is 273. The van der Waals surface area contributed by atoms with Crippen LogP contribution in [0.3, 0.4) is 0 Å². The Morgan fingerprint density at radius 2 is 1.75 bits per heavy atom. The molecule has 10 heteroatoms. The fraction of sp³-hybridized carbons (Fsp3) is 0.500. The second-order valence-corrected chi connectivity index (χ2v) is 5.74. The third-order valence-corrected chi connectivity index (χ3v) is 4.93. The summed E-state index contributed by atoms with van der Waals surface area (Å²) in [5, 5.41) is 6.03. The first-order valence-corrected chi connectivity index (χ1v) is 6.10. The molecule has 0 spiro atoms. The van der Waals surface area contributed by atoms with Crippen LogP contribution in [0.5, 0.6) is 0 Å². The monoisotopic (exact) mass is 229 g/mol. The summed E-state index contributed by atoms with van der Waals surface area (Å²) < 4.78 is 23.7. The maximum absolute atomic E-state index is 10.3. The van der Waals surface area contributed by atoms with Crippen LogP contribution in [-0.2, 0) is 9.13 Å². The van der Waals surface area contributed by atoms with Crippen LogP contribution in [0.15, 0.2) is 4.76 Å². The van der Waals surface area contributed by atoms with Gasteiger partial charge in [-0.05, 0) is 0 Å². The molecule has 1 aliphatic rings. The molecule has 3 atom stereocenters. The third kappa shape index (κ3) is 1.45. The summed E-state index contributed by atoms with van der Waals surface area (Å²) in [6.45, 7) is 0. The maximum Gasteiger partial charge on any atom is 0.491 e. The van der Waals surface area contributed by atoms with Gasteiger partial charge in [-0.25, -0.2) is 4.76 Å². The molecule has 1 aliphatic heterocycles. The Labute approximate surface area is 69.4 Å². The van der Waals surface area contributed by atoms with E-state index in [1.54, 1.807) is 0 Å². The molecule has 0 aromatic carbocycles. The van der Waals surface area contributed by atoms with E-state index in [2.05, 4.69) is 4.76 Å². The molecular formula is C2H2NO6P3. The van der Waals surface area contributed by atoms with Gasteiger partial charge in [0.2, 0.25) is 13.8 Å². The molecule has 7 nitrogen and oxygen atoms in total. The average Bonchev–Trinajstić information content (AvgIpc) is 2.64. The fourth-order valence-electron chi connectivity index (χ4n) is 0.499. The molecule has 0 amide bonds. The van der Waals surface area contributed by atoms with Gasteiger partial charge < -0.3 is 19.8 Å². The van der Waals surface area contributed by atoms with Crippen molar-refractivity contribution in [2.75, 3.05) is 0 Å². The Morgan fingerprint density at radius 3 is 1.83 bits per heavy atom. The molecule has 0 aromatic heterocycles. The minimum atomic E-state index is -3.60. The van der Waals surface area contributed by atoms with E-state index in [4.69, 9.17) is 10.00 Å². The fourth-order valence-corrected chi connectivity index (χ4v) is 3.31. The van der Waals surface area contributed by atoms with E-state index in [-0.39, 0.29) is 0 Å². The molecule has 1 heterocycles. The number of aliphatic hydroxyl groups is 1. The molecule has 0 bridgehead atoms. The predicted molar refractivity (Wildman–Crippen MR) is 36.7 cm³/mol. The highest BCUT2D eigenvalue weighted by atomic mass is 31.2. The van der Waals surface area contributed by atoms with Gasteiger partial charge in [0.05, 0.1) is 0 Å². The van der Waals surface area contributed by atoms with Gasteiger partial charge in [0, 0.05) is 0 Å². The largest absolute Gasteiger partial charge is 0.589 e. The standard InChI is InChI=1S/C2H2NO6P3/c4-2(11(6)7,12(8)9)1-3-10(1)5/h4-5H. The number of hydrogen-bond acceptors (Lipinski definition) is 7. The first-order valence-electron chi connectivity index (χ1n) is 2.50. The Kier molecular flexibility index (Phi) is 2.66. The number of hydrogen-bond donors (Lipinski definition) is 2. The first-order chi connectivity index (χ1) is 5.40. The van der Waals surface area contributed by atoms with E-state index >= 15 is 0 Å². The van der Waals surface area contributed by atoms with Gasteiger partial charge in [-0.2, -0.15) is 0 Å². The van der Waals surface area contributed by atoms with Crippen molar-refractivity contribution in [1.82, 2.24) is 0 Å². The Balaban J connectivity index is 2.96.